The number of hydrogen-bond donors (Lipinski definition) is 4. The van der Waals surface area contributed by atoms with Gasteiger partial charge in [0.2, 0.25) is 5.91 Å². The average molecular weight is 591 g/mol. The van der Waals surface area contributed by atoms with E-state index in [1.165, 1.54) is 11.1 Å². The zero-order valence-electron chi connectivity index (χ0n) is 25.3. The molecule has 0 aliphatic carbocycles. The van der Waals surface area contributed by atoms with Crippen LogP contribution in [0.5, 0.6) is 0 Å². The Kier molecular flexibility index (Phi) is 10.6. The summed E-state index contributed by atoms with van der Waals surface area (Å²) in [5.74, 6) is 0.402. The van der Waals surface area contributed by atoms with Crippen LogP contribution in [0.4, 0.5) is 0 Å². The molecule has 1 fully saturated rings. The van der Waals surface area contributed by atoms with Gasteiger partial charge in [-0.1, -0.05) is 91.0 Å². The molecule has 1 saturated heterocycles. The molecule has 0 saturated carbocycles. The summed E-state index contributed by atoms with van der Waals surface area (Å²) in [4.78, 5) is 33.2. The molecule has 228 valence electrons. The number of rotatable bonds is 11. The minimum Gasteiger partial charge on any atom is -0.370 e. The lowest BCUT2D eigenvalue weighted by Crippen LogP contribution is -2.49. The first-order valence-electron chi connectivity index (χ1n) is 15.4. The first-order chi connectivity index (χ1) is 21.5. The fourth-order valence-electron chi connectivity index (χ4n) is 5.88. The maximum atomic E-state index is 14.1. The van der Waals surface area contributed by atoms with E-state index in [1.807, 2.05) is 83.8 Å². The van der Waals surface area contributed by atoms with Gasteiger partial charge in [-0.2, -0.15) is 0 Å². The van der Waals surface area contributed by atoms with Crippen molar-refractivity contribution in [2.45, 2.75) is 37.3 Å². The van der Waals surface area contributed by atoms with Crippen molar-refractivity contribution in [3.05, 3.63) is 120 Å². The van der Waals surface area contributed by atoms with Crippen molar-refractivity contribution in [1.82, 2.24) is 20.9 Å². The summed E-state index contributed by atoms with van der Waals surface area (Å²) in [6.45, 7) is 2.23. The minimum atomic E-state index is -0.381. The van der Waals surface area contributed by atoms with Crippen LogP contribution >= 0.6 is 0 Å². The molecule has 0 spiro atoms. The Morgan fingerprint density at radius 1 is 0.932 bits per heavy atom. The van der Waals surface area contributed by atoms with Gasteiger partial charge in [0.15, 0.2) is 5.96 Å². The first kappa shape index (κ1) is 30.8. The van der Waals surface area contributed by atoms with E-state index in [4.69, 9.17) is 5.73 Å². The van der Waals surface area contributed by atoms with Crippen LogP contribution in [-0.4, -0.2) is 68.0 Å². The molecular formula is C36H42N6O2. The molecule has 2 unspecified atom stereocenters. The molecule has 0 radical (unpaired) electrons. The molecule has 44 heavy (non-hydrogen) atoms. The Morgan fingerprint density at radius 2 is 1.59 bits per heavy atom. The molecule has 8 nitrogen and oxygen atoms in total. The summed E-state index contributed by atoms with van der Waals surface area (Å²) in [6.07, 6.45) is 2.10. The second-order valence-corrected chi connectivity index (χ2v) is 11.3. The highest BCUT2D eigenvalue weighted by Gasteiger charge is 2.32. The minimum absolute atomic E-state index is 0.0494. The summed E-state index contributed by atoms with van der Waals surface area (Å²) >= 11 is 0. The number of carbonyl (C=O) groups excluding carboxylic acids is 2. The van der Waals surface area contributed by atoms with Crippen LogP contribution in [0.1, 0.15) is 46.7 Å². The Balaban J connectivity index is 1.30. The van der Waals surface area contributed by atoms with Crippen molar-refractivity contribution in [3.63, 3.8) is 0 Å². The van der Waals surface area contributed by atoms with Gasteiger partial charge in [0.25, 0.3) is 5.91 Å². The quantitative estimate of drug-likeness (QED) is 0.118. The third-order valence-corrected chi connectivity index (χ3v) is 8.34. The number of carbonyl (C=O) groups is 2. The topological polar surface area (TPSA) is 112 Å². The van der Waals surface area contributed by atoms with Crippen molar-refractivity contribution in [3.8, 4) is 0 Å². The average Bonchev–Trinajstić information content (AvgIpc) is 3.22. The standard InChI is InChI=1S/C36H42N6O2/c1-38-36(37)39-21-10-17-33-35(44)42(25-32(27-12-4-2-5-13-27)28-14-6-3-7-15-28)22-20-31(41-33)24-40-34(43)30-19-18-26-11-8-9-16-29(26)23-30/h2-9,11-16,18-19,23,31-33,41H,10,17,20-22,24-25H2,1H3,(H,40,43)(H3,37,38,39). The highest BCUT2D eigenvalue weighted by atomic mass is 16.2. The van der Waals surface area contributed by atoms with E-state index in [9.17, 15) is 9.59 Å². The van der Waals surface area contributed by atoms with Gasteiger partial charge in [-0.05, 0) is 53.3 Å². The fourth-order valence-corrected chi connectivity index (χ4v) is 5.88. The summed E-state index contributed by atoms with van der Waals surface area (Å²) in [5.41, 5.74) is 8.79. The van der Waals surface area contributed by atoms with Gasteiger partial charge < -0.3 is 26.6 Å². The number of nitrogens with zero attached hydrogens (tertiary/aromatic N) is 2. The summed E-state index contributed by atoms with van der Waals surface area (Å²) in [6, 6.07) is 34.1. The van der Waals surface area contributed by atoms with Crippen molar-refractivity contribution >= 4 is 28.5 Å². The van der Waals surface area contributed by atoms with Gasteiger partial charge in [-0.3, -0.25) is 14.6 Å². The lowest BCUT2D eigenvalue weighted by atomic mass is 9.90. The molecule has 8 heteroatoms. The number of amides is 2. The molecule has 1 heterocycles. The van der Waals surface area contributed by atoms with E-state index in [1.54, 1.807) is 7.05 Å². The van der Waals surface area contributed by atoms with Gasteiger partial charge in [0.05, 0.1) is 6.04 Å². The van der Waals surface area contributed by atoms with Crippen LogP contribution in [0.25, 0.3) is 10.8 Å². The second-order valence-electron chi connectivity index (χ2n) is 11.3. The number of nitrogens with one attached hydrogen (secondary N) is 3. The van der Waals surface area contributed by atoms with Crippen LogP contribution < -0.4 is 21.7 Å². The molecular weight excluding hydrogens is 548 g/mol. The Hall–Kier alpha value is -4.69. The molecule has 4 aromatic rings. The van der Waals surface area contributed by atoms with Gasteiger partial charge in [-0.15, -0.1) is 0 Å². The largest absolute Gasteiger partial charge is 0.370 e. The van der Waals surface area contributed by atoms with Crippen LogP contribution in [0.2, 0.25) is 0 Å². The highest BCUT2D eigenvalue weighted by molar-refractivity contribution is 5.98. The van der Waals surface area contributed by atoms with E-state index < -0.39 is 0 Å². The van der Waals surface area contributed by atoms with Crippen molar-refractivity contribution in [1.29, 1.82) is 0 Å². The molecule has 0 bridgehead atoms. The van der Waals surface area contributed by atoms with E-state index >= 15 is 0 Å². The normalized spacial score (nSPS) is 17.5. The maximum Gasteiger partial charge on any atom is 0.251 e. The lowest BCUT2D eigenvalue weighted by Gasteiger charge is -2.29. The number of hydrogen-bond acceptors (Lipinski definition) is 4. The molecule has 5 N–H and O–H groups in total. The molecule has 2 atom stereocenters. The molecule has 2 amide bonds. The van der Waals surface area contributed by atoms with Crippen LogP contribution in [0.15, 0.2) is 108 Å². The van der Waals surface area contributed by atoms with Crippen LogP contribution in [-0.2, 0) is 4.79 Å². The number of fused-ring (bicyclic) bond motifs is 1. The third kappa shape index (κ3) is 8.02. The number of benzene rings is 4. The summed E-state index contributed by atoms with van der Waals surface area (Å²) in [7, 11) is 1.64. The van der Waals surface area contributed by atoms with Crippen molar-refractivity contribution in [2.24, 2.45) is 10.7 Å². The third-order valence-electron chi connectivity index (χ3n) is 8.34. The second kappa shape index (κ2) is 15.2. The van der Waals surface area contributed by atoms with E-state index in [2.05, 4.69) is 45.2 Å². The Labute approximate surface area is 259 Å². The van der Waals surface area contributed by atoms with Crippen LogP contribution in [0.3, 0.4) is 0 Å². The van der Waals surface area contributed by atoms with Gasteiger partial charge >= 0.3 is 0 Å². The van der Waals surface area contributed by atoms with Gasteiger partial charge in [0, 0.05) is 50.7 Å². The molecule has 1 aliphatic rings. The number of nitrogens with two attached hydrogens (primary N) is 1. The predicted molar refractivity (Wildman–Crippen MR) is 178 cm³/mol. The van der Waals surface area contributed by atoms with Crippen molar-refractivity contribution in [2.75, 3.05) is 33.2 Å². The SMILES string of the molecule is CN=C(N)NCCCC1NC(CNC(=O)c2ccc3ccccc3c2)CCN(CC(c2ccccc2)c2ccccc2)C1=O. The smallest absolute Gasteiger partial charge is 0.251 e. The lowest BCUT2D eigenvalue weighted by molar-refractivity contribution is -0.133. The molecule has 1 aliphatic heterocycles. The van der Waals surface area contributed by atoms with Gasteiger partial charge in [-0.25, -0.2) is 0 Å². The summed E-state index contributed by atoms with van der Waals surface area (Å²) in [5, 5.41) is 11.9. The fraction of sp³-hybridized carbons (Fsp3) is 0.306. The Morgan fingerprint density at radius 3 is 2.27 bits per heavy atom. The number of aliphatic imine (C=N–C) groups is 1. The van der Waals surface area contributed by atoms with E-state index in [-0.39, 0.29) is 29.8 Å². The van der Waals surface area contributed by atoms with E-state index in [0.717, 1.165) is 23.6 Å². The Bertz CT molecular complexity index is 1520. The van der Waals surface area contributed by atoms with Crippen molar-refractivity contribution < 1.29 is 9.59 Å². The maximum absolute atomic E-state index is 14.1. The molecule has 0 aromatic heterocycles. The first-order valence-corrected chi connectivity index (χ1v) is 15.4. The van der Waals surface area contributed by atoms with Crippen LogP contribution in [0, 0.1) is 0 Å². The molecule has 5 rings (SSSR count). The zero-order chi connectivity index (χ0) is 30.7. The predicted octanol–water partition coefficient (Wildman–Crippen LogP) is 4.28. The summed E-state index contributed by atoms with van der Waals surface area (Å²) < 4.78 is 0. The monoisotopic (exact) mass is 590 g/mol. The molecule has 4 aromatic carbocycles. The number of guanidine groups is 1. The zero-order valence-corrected chi connectivity index (χ0v) is 25.3. The highest BCUT2D eigenvalue weighted by Crippen LogP contribution is 2.27. The van der Waals surface area contributed by atoms with Gasteiger partial charge in [0.1, 0.15) is 0 Å². The van der Waals surface area contributed by atoms with E-state index in [0.29, 0.717) is 44.1 Å².